The van der Waals surface area contributed by atoms with Gasteiger partial charge in [-0.3, -0.25) is 0 Å². The number of amides is 2. The second-order valence-corrected chi connectivity index (χ2v) is 6.09. The number of hydrogen-bond donors (Lipinski definition) is 2. The lowest BCUT2D eigenvalue weighted by Gasteiger charge is -2.08. The molecule has 0 aliphatic carbocycles. The van der Waals surface area contributed by atoms with Crippen molar-refractivity contribution in [2.45, 2.75) is 11.3 Å². The molecule has 116 valence electrons. The Morgan fingerprint density at radius 1 is 1.14 bits per heavy atom. The summed E-state index contributed by atoms with van der Waals surface area (Å²) in [6, 6.07) is 13.2. The monoisotopic (exact) mass is 338 g/mol. The minimum absolute atomic E-state index is 0.234. The van der Waals surface area contributed by atoms with Crippen LogP contribution in [0.3, 0.4) is 0 Å². The van der Waals surface area contributed by atoms with Gasteiger partial charge < -0.3 is 10.6 Å². The highest BCUT2D eigenvalue weighted by Gasteiger charge is 2.04. The minimum Gasteiger partial charge on any atom is -0.338 e. The number of nitrogens with one attached hydrogen (secondary N) is 2. The average molecular weight is 339 g/mol. The van der Waals surface area contributed by atoms with Crippen molar-refractivity contribution in [2.75, 3.05) is 17.6 Å². The molecule has 0 radical (unpaired) electrons. The number of benzene rings is 2. The maximum Gasteiger partial charge on any atom is 0.319 e. The van der Waals surface area contributed by atoms with Gasteiger partial charge in [-0.05, 0) is 48.6 Å². The van der Waals surface area contributed by atoms with Crippen LogP contribution in [0, 0.1) is 5.82 Å². The molecular formula is C16H16ClFN2OS. The van der Waals surface area contributed by atoms with Crippen LogP contribution in [-0.2, 0) is 0 Å². The Hall–Kier alpha value is -1.72. The third kappa shape index (κ3) is 5.58. The van der Waals surface area contributed by atoms with Crippen molar-refractivity contribution in [3.05, 3.63) is 59.4 Å². The molecule has 0 aliphatic heterocycles. The Bertz CT molecular complexity index is 622. The van der Waals surface area contributed by atoms with Crippen molar-refractivity contribution in [1.29, 1.82) is 0 Å². The fourth-order valence-electron chi connectivity index (χ4n) is 1.72. The lowest BCUT2D eigenvalue weighted by Crippen LogP contribution is -2.29. The third-order valence-electron chi connectivity index (χ3n) is 2.81. The zero-order chi connectivity index (χ0) is 15.8. The van der Waals surface area contributed by atoms with E-state index in [1.165, 1.54) is 12.1 Å². The maximum atomic E-state index is 12.8. The van der Waals surface area contributed by atoms with Crippen molar-refractivity contribution in [3.63, 3.8) is 0 Å². The average Bonchev–Trinajstić information content (AvgIpc) is 2.51. The van der Waals surface area contributed by atoms with E-state index in [1.54, 1.807) is 48.2 Å². The predicted octanol–water partition coefficient (Wildman–Crippen LogP) is 4.78. The van der Waals surface area contributed by atoms with Crippen molar-refractivity contribution < 1.29 is 9.18 Å². The van der Waals surface area contributed by atoms with Crippen LogP contribution in [0.1, 0.15) is 6.42 Å². The fraction of sp³-hybridized carbons (Fsp3) is 0.188. The fourth-order valence-corrected chi connectivity index (χ4v) is 2.76. The highest BCUT2D eigenvalue weighted by Crippen LogP contribution is 2.20. The lowest BCUT2D eigenvalue weighted by molar-refractivity contribution is 0.252. The Balaban J connectivity index is 1.63. The topological polar surface area (TPSA) is 41.1 Å². The number of urea groups is 1. The van der Waals surface area contributed by atoms with E-state index in [-0.39, 0.29) is 11.8 Å². The number of thioether (sulfide) groups is 1. The van der Waals surface area contributed by atoms with Crippen LogP contribution >= 0.6 is 23.4 Å². The van der Waals surface area contributed by atoms with Gasteiger partial charge in [-0.1, -0.05) is 23.7 Å². The number of carbonyl (C=O) groups excluding carboxylic acids is 1. The Labute approximate surface area is 138 Å². The zero-order valence-corrected chi connectivity index (χ0v) is 13.4. The van der Waals surface area contributed by atoms with Gasteiger partial charge in [0.05, 0.1) is 10.7 Å². The summed E-state index contributed by atoms with van der Waals surface area (Å²) >= 11 is 7.59. The minimum atomic E-state index is -0.278. The van der Waals surface area contributed by atoms with Gasteiger partial charge in [-0.2, -0.15) is 0 Å². The number of anilines is 1. The van der Waals surface area contributed by atoms with E-state index in [2.05, 4.69) is 10.6 Å². The van der Waals surface area contributed by atoms with Gasteiger partial charge in [0.25, 0.3) is 0 Å². The van der Waals surface area contributed by atoms with Crippen LogP contribution in [0.4, 0.5) is 14.9 Å². The summed E-state index contributed by atoms with van der Waals surface area (Å²) in [4.78, 5) is 12.7. The molecule has 0 bridgehead atoms. The van der Waals surface area contributed by atoms with Gasteiger partial charge in [0.1, 0.15) is 5.82 Å². The number of para-hydroxylation sites is 1. The number of halogens is 2. The first-order valence-corrected chi connectivity index (χ1v) is 8.19. The van der Waals surface area contributed by atoms with E-state index >= 15 is 0 Å². The van der Waals surface area contributed by atoms with Crippen LogP contribution in [0.5, 0.6) is 0 Å². The molecule has 2 amide bonds. The first kappa shape index (κ1) is 16.6. The molecule has 0 fully saturated rings. The van der Waals surface area contributed by atoms with Crippen LogP contribution in [0.25, 0.3) is 0 Å². The number of hydrogen-bond acceptors (Lipinski definition) is 2. The van der Waals surface area contributed by atoms with Crippen LogP contribution in [0.15, 0.2) is 53.4 Å². The summed E-state index contributed by atoms with van der Waals surface area (Å²) in [6.45, 7) is 0.560. The molecular weight excluding hydrogens is 323 g/mol. The largest absolute Gasteiger partial charge is 0.338 e. The van der Waals surface area contributed by atoms with Crippen molar-refractivity contribution >= 4 is 35.1 Å². The summed E-state index contributed by atoms with van der Waals surface area (Å²) in [5, 5.41) is 5.97. The molecule has 2 N–H and O–H groups in total. The lowest BCUT2D eigenvalue weighted by atomic mass is 10.3. The van der Waals surface area contributed by atoms with E-state index < -0.39 is 0 Å². The van der Waals surface area contributed by atoms with Gasteiger partial charge >= 0.3 is 6.03 Å². The van der Waals surface area contributed by atoms with E-state index in [1.807, 2.05) is 0 Å². The van der Waals surface area contributed by atoms with Crippen LogP contribution in [-0.4, -0.2) is 18.3 Å². The van der Waals surface area contributed by atoms with E-state index in [9.17, 15) is 9.18 Å². The molecule has 0 aromatic heterocycles. The molecule has 2 aromatic rings. The van der Waals surface area contributed by atoms with Crippen molar-refractivity contribution in [1.82, 2.24) is 5.32 Å². The quantitative estimate of drug-likeness (QED) is 0.587. The first-order chi connectivity index (χ1) is 10.6. The number of carbonyl (C=O) groups is 1. The molecule has 0 atom stereocenters. The molecule has 2 aromatic carbocycles. The normalized spacial score (nSPS) is 10.3. The van der Waals surface area contributed by atoms with E-state index in [4.69, 9.17) is 11.6 Å². The predicted molar refractivity (Wildman–Crippen MR) is 90.2 cm³/mol. The molecule has 0 spiro atoms. The molecule has 0 unspecified atom stereocenters. The number of rotatable bonds is 6. The molecule has 22 heavy (non-hydrogen) atoms. The molecule has 0 saturated heterocycles. The molecule has 2 rings (SSSR count). The van der Waals surface area contributed by atoms with Crippen LogP contribution in [0.2, 0.25) is 5.02 Å². The SMILES string of the molecule is O=C(NCCCSc1ccc(F)cc1)Nc1ccccc1Cl. The highest BCUT2D eigenvalue weighted by molar-refractivity contribution is 7.99. The Morgan fingerprint density at radius 3 is 2.59 bits per heavy atom. The summed E-state index contributed by atoms with van der Waals surface area (Å²) in [5.41, 5.74) is 0.586. The zero-order valence-electron chi connectivity index (χ0n) is 11.8. The highest BCUT2D eigenvalue weighted by atomic mass is 35.5. The maximum absolute atomic E-state index is 12.8. The second kappa shape index (κ2) is 8.66. The van der Waals surface area contributed by atoms with Crippen LogP contribution < -0.4 is 10.6 Å². The van der Waals surface area contributed by atoms with Crippen molar-refractivity contribution in [2.24, 2.45) is 0 Å². The van der Waals surface area contributed by atoms with Gasteiger partial charge in [0, 0.05) is 11.4 Å². The molecule has 0 heterocycles. The van der Waals surface area contributed by atoms with Crippen molar-refractivity contribution in [3.8, 4) is 0 Å². The summed E-state index contributed by atoms with van der Waals surface area (Å²) in [5.74, 6) is 0.611. The second-order valence-electron chi connectivity index (χ2n) is 4.52. The summed E-state index contributed by atoms with van der Waals surface area (Å²) in [6.07, 6.45) is 0.817. The Morgan fingerprint density at radius 2 is 1.86 bits per heavy atom. The van der Waals surface area contributed by atoms with E-state index in [0.29, 0.717) is 17.3 Å². The molecule has 0 aliphatic rings. The molecule has 0 saturated carbocycles. The van der Waals surface area contributed by atoms with Gasteiger partial charge in [-0.15, -0.1) is 11.8 Å². The molecule has 6 heteroatoms. The van der Waals surface area contributed by atoms with E-state index in [0.717, 1.165) is 17.1 Å². The van der Waals surface area contributed by atoms with Gasteiger partial charge in [0.2, 0.25) is 0 Å². The van der Waals surface area contributed by atoms with Gasteiger partial charge in [0.15, 0.2) is 0 Å². The smallest absolute Gasteiger partial charge is 0.319 e. The first-order valence-electron chi connectivity index (χ1n) is 6.83. The summed E-state index contributed by atoms with van der Waals surface area (Å²) < 4.78 is 12.8. The molecule has 3 nitrogen and oxygen atoms in total. The third-order valence-corrected chi connectivity index (χ3v) is 4.24. The Kier molecular flexibility index (Phi) is 6.55. The standard InChI is InChI=1S/C16H16ClFN2OS/c17-14-4-1-2-5-15(14)20-16(21)19-10-3-11-22-13-8-6-12(18)7-9-13/h1-2,4-9H,3,10-11H2,(H2,19,20,21). The summed E-state index contributed by atoms with van der Waals surface area (Å²) in [7, 11) is 0. The van der Waals surface area contributed by atoms with Gasteiger partial charge in [-0.25, -0.2) is 9.18 Å².